The maximum absolute atomic E-state index is 10.7. The van der Waals surface area contributed by atoms with Gasteiger partial charge in [-0.05, 0) is 24.1 Å². The van der Waals surface area contributed by atoms with Crippen molar-refractivity contribution in [2.24, 2.45) is 0 Å². The molecule has 0 spiro atoms. The van der Waals surface area contributed by atoms with Crippen LogP contribution < -0.4 is 5.32 Å². The second-order valence-electron chi connectivity index (χ2n) is 3.00. The molecule has 0 aromatic carbocycles. The van der Waals surface area contributed by atoms with Gasteiger partial charge in [-0.25, -0.2) is 0 Å². The minimum absolute atomic E-state index is 0.198. The van der Waals surface area contributed by atoms with Crippen molar-refractivity contribution < 1.29 is 9.59 Å². The summed E-state index contributed by atoms with van der Waals surface area (Å²) in [6, 6.07) is 3.19. The Morgan fingerprint density at radius 1 is 1.57 bits per heavy atom. The molecule has 0 aliphatic heterocycles. The van der Waals surface area contributed by atoms with Gasteiger partial charge in [0.15, 0.2) is 0 Å². The van der Waals surface area contributed by atoms with Gasteiger partial charge < -0.3 is 10.1 Å². The number of nitrogens with one attached hydrogen (secondary N) is 1. The zero-order chi connectivity index (χ0) is 10.4. The topological polar surface area (TPSA) is 59.1 Å². The minimum atomic E-state index is -0.449. The Labute approximate surface area is 82.3 Å². The largest absolute Gasteiger partial charge is 0.346 e. The van der Waals surface area contributed by atoms with Gasteiger partial charge in [0, 0.05) is 19.3 Å². The third kappa shape index (κ3) is 3.35. The van der Waals surface area contributed by atoms with Crippen LogP contribution in [0.2, 0.25) is 0 Å². The molecule has 1 atom stereocenters. The number of aldehydes is 1. The Hall–Kier alpha value is -1.71. The van der Waals surface area contributed by atoms with E-state index in [4.69, 9.17) is 0 Å². The molecule has 74 valence electrons. The van der Waals surface area contributed by atoms with E-state index < -0.39 is 6.04 Å². The summed E-state index contributed by atoms with van der Waals surface area (Å²) in [4.78, 5) is 25.2. The Kier molecular flexibility index (Phi) is 3.79. The molecular formula is C10H12N2O2. The van der Waals surface area contributed by atoms with Crippen molar-refractivity contribution in [3.63, 3.8) is 0 Å². The van der Waals surface area contributed by atoms with Gasteiger partial charge in [0.1, 0.15) is 6.29 Å². The second-order valence-corrected chi connectivity index (χ2v) is 3.00. The highest BCUT2D eigenvalue weighted by Gasteiger charge is 2.08. The zero-order valence-electron chi connectivity index (χ0n) is 7.93. The third-order valence-electron chi connectivity index (χ3n) is 1.76. The molecule has 4 nitrogen and oxygen atoms in total. The maximum atomic E-state index is 10.7. The molecule has 0 unspecified atom stereocenters. The lowest BCUT2D eigenvalue weighted by Crippen LogP contribution is -2.35. The highest BCUT2D eigenvalue weighted by molar-refractivity contribution is 5.77. The van der Waals surface area contributed by atoms with Crippen molar-refractivity contribution in [3.8, 4) is 0 Å². The van der Waals surface area contributed by atoms with Crippen molar-refractivity contribution in [1.29, 1.82) is 0 Å². The molecule has 14 heavy (non-hydrogen) atoms. The summed E-state index contributed by atoms with van der Waals surface area (Å²) in [5.41, 5.74) is 0.978. The lowest BCUT2D eigenvalue weighted by atomic mass is 10.1. The first-order chi connectivity index (χ1) is 6.72. The van der Waals surface area contributed by atoms with Gasteiger partial charge in [0.25, 0.3) is 0 Å². The number of hydrogen-bond donors (Lipinski definition) is 1. The summed E-state index contributed by atoms with van der Waals surface area (Å²) in [5, 5.41) is 2.55. The fourth-order valence-corrected chi connectivity index (χ4v) is 1.17. The molecule has 1 heterocycles. The van der Waals surface area contributed by atoms with Crippen LogP contribution in [0.3, 0.4) is 0 Å². The Bertz CT molecular complexity index is 311. The van der Waals surface area contributed by atoms with Crippen LogP contribution in [-0.4, -0.2) is 23.2 Å². The van der Waals surface area contributed by atoms with Crippen LogP contribution in [0, 0.1) is 0 Å². The molecule has 0 aliphatic carbocycles. The molecule has 1 rings (SSSR count). The zero-order valence-corrected chi connectivity index (χ0v) is 7.93. The number of amides is 1. The van der Waals surface area contributed by atoms with Crippen LogP contribution in [0.4, 0.5) is 0 Å². The number of rotatable bonds is 4. The van der Waals surface area contributed by atoms with E-state index in [0.29, 0.717) is 6.42 Å². The highest BCUT2D eigenvalue weighted by atomic mass is 16.2. The predicted molar refractivity (Wildman–Crippen MR) is 51.6 cm³/mol. The van der Waals surface area contributed by atoms with E-state index >= 15 is 0 Å². The lowest BCUT2D eigenvalue weighted by molar-refractivity contribution is -0.122. The van der Waals surface area contributed by atoms with E-state index in [1.807, 2.05) is 12.1 Å². The molecule has 0 aliphatic rings. The van der Waals surface area contributed by atoms with Gasteiger partial charge in [-0.3, -0.25) is 9.78 Å². The van der Waals surface area contributed by atoms with Crippen molar-refractivity contribution >= 4 is 12.2 Å². The average molecular weight is 192 g/mol. The van der Waals surface area contributed by atoms with Gasteiger partial charge in [-0.2, -0.15) is 0 Å². The first kappa shape index (κ1) is 10.4. The molecule has 1 aromatic heterocycles. The van der Waals surface area contributed by atoms with E-state index in [1.54, 1.807) is 12.4 Å². The van der Waals surface area contributed by atoms with Crippen LogP contribution >= 0.6 is 0 Å². The van der Waals surface area contributed by atoms with E-state index in [-0.39, 0.29) is 5.91 Å². The number of carbonyl (C=O) groups excluding carboxylic acids is 2. The Balaban J connectivity index is 2.57. The van der Waals surface area contributed by atoms with Crippen LogP contribution in [0.25, 0.3) is 0 Å². The van der Waals surface area contributed by atoms with E-state index in [9.17, 15) is 9.59 Å². The summed E-state index contributed by atoms with van der Waals surface area (Å²) >= 11 is 0. The van der Waals surface area contributed by atoms with E-state index in [2.05, 4.69) is 10.3 Å². The molecule has 1 N–H and O–H groups in total. The molecular weight excluding hydrogens is 180 g/mol. The van der Waals surface area contributed by atoms with Crippen LogP contribution in [-0.2, 0) is 16.0 Å². The summed E-state index contributed by atoms with van der Waals surface area (Å²) in [5.74, 6) is -0.198. The second kappa shape index (κ2) is 5.11. The first-order valence-electron chi connectivity index (χ1n) is 4.33. The van der Waals surface area contributed by atoms with Crippen molar-refractivity contribution in [3.05, 3.63) is 30.1 Å². The number of nitrogens with zero attached hydrogens (tertiary/aromatic N) is 1. The van der Waals surface area contributed by atoms with Crippen LogP contribution in [0.15, 0.2) is 24.5 Å². The number of carbonyl (C=O) groups is 2. The standard InChI is InChI=1S/C10H12N2O2/c1-8(14)12-10(7-13)6-9-2-4-11-5-3-9/h2-5,7,10H,6H2,1H3,(H,12,14)/t10-/m0/s1. The summed E-state index contributed by atoms with van der Waals surface area (Å²) in [7, 11) is 0. The molecule has 0 fully saturated rings. The molecule has 0 saturated carbocycles. The fourth-order valence-electron chi connectivity index (χ4n) is 1.17. The van der Waals surface area contributed by atoms with E-state index in [0.717, 1.165) is 11.8 Å². The SMILES string of the molecule is CC(=O)N[C@H](C=O)Cc1ccncc1. The van der Waals surface area contributed by atoms with Gasteiger partial charge in [-0.15, -0.1) is 0 Å². The van der Waals surface area contributed by atoms with Gasteiger partial charge in [0.05, 0.1) is 6.04 Å². The van der Waals surface area contributed by atoms with Crippen molar-refractivity contribution in [2.75, 3.05) is 0 Å². The van der Waals surface area contributed by atoms with Gasteiger partial charge in [0.2, 0.25) is 5.91 Å². The molecule has 1 amide bonds. The van der Waals surface area contributed by atoms with Gasteiger partial charge in [-0.1, -0.05) is 0 Å². The quantitative estimate of drug-likeness (QED) is 0.699. The number of pyridine rings is 1. The number of aromatic nitrogens is 1. The maximum Gasteiger partial charge on any atom is 0.217 e. The first-order valence-corrected chi connectivity index (χ1v) is 4.33. The monoisotopic (exact) mass is 192 g/mol. The normalized spacial score (nSPS) is 11.8. The summed E-state index contributed by atoms with van der Waals surface area (Å²) in [6.45, 7) is 1.39. The van der Waals surface area contributed by atoms with Crippen LogP contribution in [0.5, 0.6) is 0 Å². The fraction of sp³-hybridized carbons (Fsp3) is 0.300. The predicted octanol–water partition coefficient (Wildman–Crippen LogP) is 0.328. The van der Waals surface area contributed by atoms with Gasteiger partial charge >= 0.3 is 0 Å². The Morgan fingerprint density at radius 3 is 2.71 bits per heavy atom. The molecule has 0 saturated heterocycles. The highest BCUT2D eigenvalue weighted by Crippen LogP contribution is 2.00. The van der Waals surface area contributed by atoms with Crippen molar-refractivity contribution in [2.45, 2.75) is 19.4 Å². The molecule has 0 radical (unpaired) electrons. The average Bonchev–Trinajstić information content (AvgIpc) is 2.17. The summed E-state index contributed by atoms with van der Waals surface area (Å²) < 4.78 is 0. The van der Waals surface area contributed by atoms with E-state index in [1.165, 1.54) is 6.92 Å². The smallest absolute Gasteiger partial charge is 0.217 e. The third-order valence-corrected chi connectivity index (χ3v) is 1.76. The van der Waals surface area contributed by atoms with Crippen molar-refractivity contribution in [1.82, 2.24) is 10.3 Å². The summed E-state index contributed by atoms with van der Waals surface area (Å²) in [6.07, 6.45) is 4.56. The lowest BCUT2D eigenvalue weighted by Gasteiger charge is -2.10. The minimum Gasteiger partial charge on any atom is -0.346 e. The molecule has 0 bridgehead atoms. The Morgan fingerprint density at radius 2 is 2.21 bits per heavy atom. The molecule has 1 aromatic rings. The van der Waals surface area contributed by atoms with Crippen LogP contribution in [0.1, 0.15) is 12.5 Å². The molecule has 4 heteroatoms. The number of hydrogen-bond acceptors (Lipinski definition) is 3.